The van der Waals surface area contributed by atoms with Gasteiger partial charge in [0, 0.05) is 12.8 Å². The van der Waals surface area contributed by atoms with Crippen LogP contribution in [0.3, 0.4) is 0 Å². The average molecular weight is 274 g/mol. The summed E-state index contributed by atoms with van der Waals surface area (Å²) >= 11 is 0. The number of hydrogen-bond donors (Lipinski definition) is 0. The summed E-state index contributed by atoms with van der Waals surface area (Å²) in [5.74, 6) is 1.05. The van der Waals surface area contributed by atoms with Crippen LogP contribution in [0.1, 0.15) is 56.1 Å². The van der Waals surface area contributed by atoms with E-state index in [0.29, 0.717) is 6.10 Å². The molecule has 1 heterocycles. The fourth-order valence-electron chi connectivity index (χ4n) is 3.74. The van der Waals surface area contributed by atoms with E-state index in [1.54, 1.807) is 0 Å². The van der Waals surface area contributed by atoms with E-state index in [1.165, 1.54) is 43.2 Å². The van der Waals surface area contributed by atoms with Crippen molar-refractivity contribution >= 4 is 0 Å². The molecule has 1 aromatic carbocycles. The summed E-state index contributed by atoms with van der Waals surface area (Å²) in [5.41, 5.74) is 2.67. The molecule has 0 amide bonds. The Labute approximate surface area is 122 Å². The van der Waals surface area contributed by atoms with E-state index < -0.39 is 0 Å². The van der Waals surface area contributed by atoms with Crippen molar-refractivity contribution in [1.29, 1.82) is 0 Å². The lowest BCUT2D eigenvalue weighted by molar-refractivity contribution is -0.129. The summed E-state index contributed by atoms with van der Waals surface area (Å²) in [6, 6.07) is 6.46. The van der Waals surface area contributed by atoms with E-state index in [0.717, 1.165) is 25.2 Å². The average Bonchev–Trinajstić information content (AvgIpc) is 2.43. The Morgan fingerprint density at radius 3 is 2.70 bits per heavy atom. The number of benzene rings is 1. The van der Waals surface area contributed by atoms with Gasteiger partial charge < -0.3 is 9.47 Å². The number of hydrogen-bond acceptors (Lipinski definition) is 2. The fraction of sp³-hybridized carbons (Fsp3) is 0.667. The van der Waals surface area contributed by atoms with Crippen molar-refractivity contribution < 1.29 is 9.47 Å². The first kappa shape index (κ1) is 13.9. The minimum atomic E-state index is 0.125. The van der Waals surface area contributed by atoms with Crippen molar-refractivity contribution in [3.8, 4) is 5.75 Å². The second kappa shape index (κ2) is 5.77. The first-order valence-corrected chi connectivity index (χ1v) is 8.05. The molecule has 110 valence electrons. The second-order valence-corrected chi connectivity index (χ2v) is 6.59. The van der Waals surface area contributed by atoms with Crippen LogP contribution in [0.5, 0.6) is 5.75 Å². The molecule has 0 bridgehead atoms. The predicted octanol–water partition coefficient (Wildman–Crippen LogP) is 4.56. The zero-order valence-electron chi connectivity index (χ0n) is 12.8. The summed E-state index contributed by atoms with van der Waals surface area (Å²) < 4.78 is 12.4. The highest BCUT2D eigenvalue weighted by Gasteiger charge is 2.39. The van der Waals surface area contributed by atoms with Gasteiger partial charge >= 0.3 is 0 Å². The molecule has 1 aromatic rings. The van der Waals surface area contributed by atoms with Crippen LogP contribution in [0.4, 0.5) is 0 Å². The predicted molar refractivity (Wildman–Crippen MR) is 81.3 cm³/mol. The smallest absolute Gasteiger partial charge is 0.122 e. The molecule has 1 atom stereocenters. The summed E-state index contributed by atoms with van der Waals surface area (Å²) in [6.45, 7) is 5.12. The van der Waals surface area contributed by atoms with Crippen LogP contribution in [0.15, 0.2) is 18.2 Å². The van der Waals surface area contributed by atoms with Crippen LogP contribution >= 0.6 is 0 Å². The molecule has 1 saturated carbocycles. The van der Waals surface area contributed by atoms with Crippen LogP contribution in [0.2, 0.25) is 0 Å². The van der Waals surface area contributed by atoms with E-state index in [-0.39, 0.29) is 5.60 Å². The summed E-state index contributed by atoms with van der Waals surface area (Å²) in [5, 5.41) is 0. The van der Waals surface area contributed by atoms with Gasteiger partial charge in [0.25, 0.3) is 0 Å². The van der Waals surface area contributed by atoms with Crippen LogP contribution in [-0.2, 0) is 4.74 Å². The maximum absolute atomic E-state index is 6.29. The van der Waals surface area contributed by atoms with E-state index in [9.17, 15) is 0 Å². The Balaban J connectivity index is 1.68. The monoisotopic (exact) mass is 274 g/mol. The standard InChI is InChI=1S/C18H26O2/c1-14-6-7-17(15(2)12-14)20-16-8-11-19-18(13-16)9-4-3-5-10-18/h6-7,12,16H,3-5,8-11,13H2,1-2H3. The summed E-state index contributed by atoms with van der Waals surface area (Å²) in [7, 11) is 0. The van der Waals surface area contributed by atoms with Crippen molar-refractivity contribution in [2.24, 2.45) is 0 Å². The van der Waals surface area contributed by atoms with E-state index in [2.05, 4.69) is 32.0 Å². The SMILES string of the molecule is Cc1ccc(OC2CCOC3(CCCCC3)C2)c(C)c1. The van der Waals surface area contributed by atoms with Gasteiger partial charge in [0.15, 0.2) is 0 Å². The largest absolute Gasteiger partial charge is 0.490 e. The molecule has 1 aliphatic heterocycles. The second-order valence-electron chi connectivity index (χ2n) is 6.59. The Morgan fingerprint density at radius 2 is 1.95 bits per heavy atom. The number of ether oxygens (including phenoxy) is 2. The van der Waals surface area contributed by atoms with Gasteiger partial charge in [0.2, 0.25) is 0 Å². The van der Waals surface area contributed by atoms with Crippen LogP contribution in [0.25, 0.3) is 0 Å². The van der Waals surface area contributed by atoms with Gasteiger partial charge in [-0.2, -0.15) is 0 Å². The van der Waals surface area contributed by atoms with Crippen LogP contribution in [-0.4, -0.2) is 18.3 Å². The lowest BCUT2D eigenvalue weighted by atomic mass is 9.79. The molecule has 2 aliphatic rings. The molecule has 1 spiro atoms. The maximum Gasteiger partial charge on any atom is 0.122 e. The highest BCUT2D eigenvalue weighted by Crippen LogP contribution is 2.39. The van der Waals surface area contributed by atoms with Gasteiger partial charge in [0.1, 0.15) is 11.9 Å². The third kappa shape index (κ3) is 3.01. The molecule has 1 aliphatic carbocycles. The van der Waals surface area contributed by atoms with E-state index in [1.807, 2.05) is 0 Å². The Hall–Kier alpha value is -1.02. The molecule has 2 heteroatoms. The third-order valence-electron chi connectivity index (χ3n) is 4.84. The molecule has 3 rings (SSSR count). The zero-order valence-corrected chi connectivity index (χ0v) is 12.8. The first-order valence-electron chi connectivity index (χ1n) is 8.05. The topological polar surface area (TPSA) is 18.5 Å². The maximum atomic E-state index is 6.29. The highest BCUT2D eigenvalue weighted by molar-refractivity contribution is 5.35. The van der Waals surface area contributed by atoms with Gasteiger partial charge in [-0.3, -0.25) is 0 Å². The molecule has 1 unspecified atom stereocenters. The Morgan fingerprint density at radius 1 is 1.15 bits per heavy atom. The molecular weight excluding hydrogens is 248 g/mol. The minimum absolute atomic E-state index is 0.125. The summed E-state index contributed by atoms with van der Waals surface area (Å²) in [4.78, 5) is 0. The molecule has 20 heavy (non-hydrogen) atoms. The molecule has 0 aromatic heterocycles. The molecular formula is C18H26O2. The van der Waals surface area contributed by atoms with Crippen molar-refractivity contribution in [2.75, 3.05) is 6.61 Å². The van der Waals surface area contributed by atoms with Gasteiger partial charge in [-0.05, 0) is 38.3 Å². The van der Waals surface area contributed by atoms with Crippen molar-refractivity contribution in [3.05, 3.63) is 29.3 Å². The van der Waals surface area contributed by atoms with Crippen molar-refractivity contribution in [2.45, 2.75) is 70.5 Å². The summed E-state index contributed by atoms with van der Waals surface area (Å²) in [6.07, 6.45) is 8.86. The highest BCUT2D eigenvalue weighted by atomic mass is 16.5. The fourth-order valence-corrected chi connectivity index (χ4v) is 3.74. The number of aryl methyl sites for hydroxylation is 2. The molecule has 2 nitrogen and oxygen atoms in total. The Kier molecular flexibility index (Phi) is 4.02. The van der Waals surface area contributed by atoms with Crippen LogP contribution < -0.4 is 4.74 Å². The molecule has 0 radical (unpaired) electrons. The van der Waals surface area contributed by atoms with Crippen LogP contribution in [0, 0.1) is 13.8 Å². The van der Waals surface area contributed by atoms with Crippen molar-refractivity contribution in [1.82, 2.24) is 0 Å². The quantitative estimate of drug-likeness (QED) is 0.787. The van der Waals surface area contributed by atoms with Gasteiger partial charge in [-0.1, -0.05) is 37.0 Å². The lowest BCUT2D eigenvalue weighted by Crippen LogP contribution is -2.45. The number of rotatable bonds is 2. The molecule has 0 N–H and O–H groups in total. The Bertz CT molecular complexity index is 455. The van der Waals surface area contributed by atoms with Gasteiger partial charge in [0.05, 0.1) is 12.2 Å². The lowest BCUT2D eigenvalue weighted by Gasteiger charge is -2.43. The van der Waals surface area contributed by atoms with Crippen molar-refractivity contribution in [3.63, 3.8) is 0 Å². The van der Waals surface area contributed by atoms with E-state index in [4.69, 9.17) is 9.47 Å². The normalized spacial score (nSPS) is 25.6. The van der Waals surface area contributed by atoms with E-state index >= 15 is 0 Å². The minimum Gasteiger partial charge on any atom is -0.490 e. The zero-order chi connectivity index (χ0) is 14.0. The molecule has 2 fully saturated rings. The molecule has 1 saturated heterocycles. The third-order valence-corrected chi connectivity index (χ3v) is 4.84. The van der Waals surface area contributed by atoms with Gasteiger partial charge in [-0.15, -0.1) is 0 Å². The van der Waals surface area contributed by atoms with Gasteiger partial charge in [-0.25, -0.2) is 0 Å². The first-order chi connectivity index (χ1) is 9.67.